The summed E-state index contributed by atoms with van der Waals surface area (Å²) in [5.41, 5.74) is 1.69. The number of rotatable bonds is 4. The number of hydrogen-bond donors (Lipinski definition) is 1. The molecule has 0 aromatic carbocycles. The highest BCUT2D eigenvalue weighted by Crippen LogP contribution is 2.56. The minimum Gasteiger partial charge on any atom is -0.462 e. The van der Waals surface area contributed by atoms with Crippen molar-refractivity contribution in [3.8, 4) is 0 Å². The van der Waals surface area contributed by atoms with Crippen LogP contribution in [0, 0.1) is 23.2 Å². The summed E-state index contributed by atoms with van der Waals surface area (Å²) in [6, 6.07) is 0. The van der Waals surface area contributed by atoms with Crippen LogP contribution < -0.4 is 0 Å². The summed E-state index contributed by atoms with van der Waals surface area (Å²) in [6.07, 6.45) is 5.86. The number of carbonyl (C=O) groups is 1. The summed E-state index contributed by atoms with van der Waals surface area (Å²) in [5.74, 6) is 0.996. The number of nitrogens with zero attached hydrogens (tertiary/aromatic N) is 2. The van der Waals surface area contributed by atoms with Crippen LogP contribution in [0.3, 0.4) is 0 Å². The molecule has 0 spiro atoms. The smallest absolute Gasteiger partial charge is 0.310 e. The van der Waals surface area contributed by atoms with E-state index in [1.165, 1.54) is 18.4 Å². The van der Waals surface area contributed by atoms with Gasteiger partial charge < -0.3 is 9.84 Å². The number of carbonyl (C=O) groups excluding carboxylic acids is 1. The highest BCUT2D eigenvalue weighted by atomic mass is 16.6. The number of esters is 1. The molecule has 2 saturated heterocycles. The highest BCUT2D eigenvalue weighted by molar-refractivity contribution is 5.75. The molecular formula is C21H34N2O3. The molecule has 26 heavy (non-hydrogen) atoms. The average Bonchev–Trinajstić information content (AvgIpc) is 2.89. The molecule has 5 nitrogen and oxygen atoms in total. The predicted molar refractivity (Wildman–Crippen MR) is 101 cm³/mol. The van der Waals surface area contributed by atoms with Crippen molar-refractivity contribution in [1.82, 2.24) is 9.80 Å². The van der Waals surface area contributed by atoms with Crippen LogP contribution in [0.15, 0.2) is 12.2 Å². The Morgan fingerprint density at radius 3 is 2.73 bits per heavy atom. The molecule has 0 unspecified atom stereocenters. The first-order valence-corrected chi connectivity index (χ1v) is 10.4. The summed E-state index contributed by atoms with van der Waals surface area (Å²) in [4.78, 5) is 17.4. The lowest BCUT2D eigenvalue weighted by atomic mass is 9.55. The zero-order valence-electron chi connectivity index (χ0n) is 16.2. The first-order valence-electron chi connectivity index (χ1n) is 10.4. The summed E-state index contributed by atoms with van der Waals surface area (Å²) in [7, 11) is 0. The molecule has 4 fully saturated rings. The molecule has 0 aromatic heterocycles. The van der Waals surface area contributed by atoms with Crippen molar-refractivity contribution in [2.24, 2.45) is 23.2 Å². The van der Waals surface area contributed by atoms with Crippen LogP contribution in [-0.4, -0.2) is 72.9 Å². The van der Waals surface area contributed by atoms with E-state index in [0.29, 0.717) is 11.8 Å². The molecule has 5 heteroatoms. The number of hydrogen-bond acceptors (Lipinski definition) is 5. The molecule has 0 bridgehead atoms. The number of fused-ring (bicyclic) bond motifs is 2. The van der Waals surface area contributed by atoms with Crippen molar-refractivity contribution < 1.29 is 14.6 Å². The van der Waals surface area contributed by atoms with Crippen LogP contribution in [0.25, 0.3) is 0 Å². The van der Waals surface area contributed by atoms with E-state index in [-0.39, 0.29) is 30.0 Å². The molecule has 1 N–H and O–H groups in total. The number of piperazine rings is 1. The van der Waals surface area contributed by atoms with Gasteiger partial charge in [-0.3, -0.25) is 14.6 Å². The first kappa shape index (κ1) is 18.5. The van der Waals surface area contributed by atoms with E-state index in [1.54, 1.807) is 0 Å². The molecule has 0 amide bonds. The van der Waals surface area contributed by atoms with Gasteiger partial charge in [0.1, 0.15) is 6.10 Å². The third-order valence-corrected chi connectivity index (χ3v) is 7.66. The molecule has 0 aromatic rings. The van der Waals surface area contributed by atoms with E-state index in [9.17, 15) is 4.79 Å². The molecule has 5 atom stereocenters. The third kappa shape index (κ3) is 3.34. The monoisotopic (exact) mass is 362 g/mol. The Morgan fingerprint density at radius 1 is 1.27 bits per heavy atom. The maximum absolute atomic E-state index is 12.7. The maximum Gasteiger partial charge on any atom is 0.310 e. The van der Waals surface area contributed by atoms with Gasteiger partial charge in [-0.2, -0.15) is 0 Å². The van der Waals surface area contributed by atoms with E-state index in [2.05, 4.69) is 23.3 Å². The van der Waals surface area contributed by atoms with E-state index >= 15 is 0 Å². The van der Waals surface area contributed by atoms with Crippen LogP contribution in [0.2, 0.25) is 0 Å². The second-order valence-corrected chi connectivity index (χ2v) is 9.27. The van der Waals surface area contributed by atoms with Gasteiger partial charge >= 0.3 is 5.97 Å². The average molecular weight is 363 g/mol. The Bertz CT molecular complexity index is 557. The lowest BCUT2D eigenvalue weighted by molar-refractivity contribution is -0.146. The standard InChI is InChI=1S/C21H34N2O3/c1-15-4-3-5-21(2)13-19-16(12-18(15)21)17(20(25)26-19)14-23-8-6-22(7-9-23)10-11-24/h16-19,24H,1,3-14H2,2H3/t16-,17+,18+,19-,21-/m1/s1. The fourth-order valence-electron chi connectivity index (χ4n) is 6.08. The van der Waals surface area contributed by atoms with Gasteiger partial charge in [-0.15, -0.1) is 0 Å². The Hall–Kier alpha value is -0.910. The topological polar surface area (TPSA) is 53.0 Å². The molecular weight excluding hydrogens is 328 g/mol. The molecule has 2 heterocycles. The van der Waals surface area contributed by atoms with Crippen LogP contribution in [-0.2, 0) is 9.53 Å². The van der Waals surface area contributed by atoms with Gasteiger partial charge in [-0.05, 0) is 43.4 Å². The largest absolute Gasteiger partial charge is 0.462 e. The fourth-order valence-corrected chi connectivity index (χ4v) is 6.08. The minimum absolute atomic E-state index is 0.0312. The van der Waals surface area contributed by atoms with Gasteiger partial charge in [0.05, 0.1) is 12.5 Å². The van der Waals surface area contributed by atoms with Crippen molar-refractivity contribution in [2.75, 3.05) is 45.9 Å². The molecule has 0 radical (unpaired) electrons. The first-order chi connectivity index (χ1) is 12.5. The molecule has 4 aliphatic rings. The van der Waals surface area contributed by atoms with Gasteiger partial charge in [0.25, 0.3) is 0 Å². The summed E-state index contributed by atoms with van der Waals surface area (Å²) in [6.45, 7) is 12.5. The summed E-state index contributed by atoms with van der Waals surface area (Å²) < 4.78 is 5.89. The molecule has 2 aliphatic heterocycles. The SMILES string of the molecule is C=C1CCC[C@]2(C)C[C@H]3OC(=O)[C@@H](CN4CCN(CCO)CC4)[C@H]3C[C@@H]12. The van der Waals surface area contributed by atoms with Crippen molar-refractivity contribution in [3.63, 3.8) is 0 Å². The number of ether oxygens (including phenoxy) is 1. The van der Waals surface area contributed by atoms with Crippen molar-refractivity contribution in [1.29, 1.82) is 0 Å². The number of aliphatic hydroxyl groups is 1. The van der Waals surface area contributed by atoms with Crippen LogP contribution in [0.4, 0.5) is 0 Å². The third-order valence-electron chi connectivity index (χ3n) is 7.66. The Balaban J connectivity index is 1.41. The maximum atomic E-state index is 12.7. The van der Waals surface area contributed by atoms with Gasteiger partial charge in [0.15, 0.2) is 0 Å². The zero-order valence-corrected chi connectivity index (χ0v) is 16.2. The predicted octanol–water partition coefficient (Wildman–Crippen LogP) is 1.91. The second-order valence-electron chi connectivity index (χ2n) is 9.27. The van der Waals surface area contributed by atoms with E-state index in [1.807, 2.05) is 0 Å². The van der Waals surface area contributed by atoms with E-state index in [4.69, 9.17) is 9.84 Å². The van der Waals surface area contributed by atoms with Crippen LogP contribution in [0.5, 0.6) is 0 Å². The fraction of sp³-hybridized carbons (Fsp3) is 0.857. The van der Waals surface area contributed by atoms with E-state index < -0.39 is 0 Å². The quantitative estimate of drug-likeness (QED) is 0.612. The molecule has 146 valence electrons. The van der Waals surface area contributed by atoms with Gasteiger partial charge in [-0.25, -0.2) is 0 Å². The Morgan fingerprint density at radius 2 is 2.00 bits per heavy atom. The number of aliphatic hydroxyl groups excluding tert-OH is 1. The second kappa shape index (κ2) is 7.25. The van der Waals surface area contributed by atoms with E-state index in [0.717, 1.165) is 58.5 Å². The normalized spacial score (nSPS) is 41.6. The zero-order chi connectivity index (χ0) is 18.3. The minimum atomic E-state index is 0.0312. The molecule has 2 aliphatic carbocycles. The lowest BCUT2D eigenvalue weighted by Gasteiger charge is -2.50. The lowest BCUT2D eigenvalue weighted by Crippen LogP contribution is -2.50. The Labute approximate surface area is 157 Å². The molecule has 4 rings (SSSR count). The van der Waals surface area contributed by atoms with Gasteiger partial charge in [0, 0.05) is 45.2 Å². The van der Waals surface area contributed by atoms with Gasteiger partial charge in [0.2, 0.25) is 0 Å². The summed E-state index contributed by atoms with van der Waals surface area (Å²) in [5, 5.41) is 9.09. The summed E-state index contributed by atoms with van der Waals surface area (Å²) >= 11 is 0. The van der Waals surface area contributed by atoms with Crippen molar-refractivity contribution >= 4 is 5.97 Å². The highest BCUT2D eigenvalue weighted by Gasteiger charge is 2.55. The number of allylic oxidation sites excluding steroid dienone is 1. The number of β-amino-alcohol motifs (C(OH)–C–C–N with tert-alkyl or cyclic N) is 1. The van der Waals surface area contributed by atoms with Crippen molar-refractivity contribution in [3.05, 3.63) is 12.2 Å². The Kier molecular flexibility index (Phi) is 5.15. The van der Waals surface area contributed by atoms with Crippen LogP contribution >= 0.6 is 0 Å². The molecule has 2 saturated carbocycles. The van der Waals surface area contributed by atoms with Gasteiger partial charge in [-0.1, -0.05) is 19.1 Å². The van der Waals surface area contributed by atoms with Crippen LogP contribution in [0.1, 0.15) is 39.0 Å². The van der Waals surface area contributed by atoms with Crippen molar-refractivity contribution in [2.45, 2.75) is 45.1 Å².